The van der Waals surface area contributed by atoms with Crippen molar-refractivity contribution in [2.75, 3.05) is 6.79 Å². The van der Waals surface area contributed by atoms with Gasteiger partial charge in [0.15, 0.2) is 11.5 Å². The Morgan fingerprint density at radius 3 is 2.42 bits per heavy atom. The van der Waals surface area contributed by atoms with E-state index in [9.17, 15) is 5.26 Å². The molecule has 2 aliphatic rings. The first-order valence-electron chi connectivity index (χ1n) is 9.60. The number of hydrogen-bond donors (Lipinski definition) is 1. The van der Waals surface area contributed by atoms with Gasteiger partial charge in [-0.1, -0.05) is 35.9 Å². The molecule has 0 amide bonds. The molecule has 2 aliphatic heterocycles. The smallest absolute Gasteiger partial charge is 0.231 e. The molecule has 2 heterocycles. The predicted molar refractivity (Wildman–Crippen MR) is 114 cm³/mol. The van der Waals surface area contributed by atoms with Gasteiger partial charge in [0.05, 0.1) is 5.92 Å². The minimum absolute atomic E-state index is 0.0851. The molecule has 0 radical (unpaired) electrons. The van der Waals surface area contributed by atoms with Crippen molar-refractivity contribution in [3.05, 3.63) is 93.8 Å². The summed E-state index contributed by atoms with van der Waals surface area (Å²) < 4.78 is 22.5. The van der Waals surface area contributed by atoms with Crippen LogP contribution in [-0.2, 0) is 6.61 Å². The number of benzene rings is 3. The molecule has 0 aromatic heterocycles. The molecule has 6 nitrogen and oxygen atoms in total. The Morgan fingerprint density at radius 1 is 1.00 bits per heavy atom. The Morgan fingerprint density at radius 2 is 1.71 bits per heavy atom. The third-order valence-electron chi connectivity index (χ3n) is 5.24. The van der Waals surface area contributed by atoms with Gasteiger partial charge in [0.1, 0.15) is 29.7 Å². The van der Waals surface area contributed by atoms with Crippen molar-refractivity contribution < 1.29 is 18.9 Å². The van der Waals surface area contributed by atoms with E-state index >= 15 is 0 Å². The Labute approximate surface area is 184 Å². The maximum atomic E-state index is 9.74. The van der Waals surface area contributed by atoms with Gasteiger partial charge in [-0.25, -0.2) is 0 Å². The van der Waals surface area contributed by atoms with Crippen molar-refractivity contribution >= 4 is 11.6 Å². The van der Waals surface area contributed by atoms with Gasteiger partial charge in [0.25, 0.3) is 0 Å². The highest BCUT2D eigenvalue weighted by Gasteiger charge is 2.33. The summed E-state index contributed by atoms with van der Waals surface area (Å²) in [5, 5.41) is 10.4. The summed E-state index contributed by atoms with van der Waals surface area (Å²) in [6.45, 7) is 0.576. The largest absolute Gasteiger partial charge is 0.489 e. The molecule has 0 unspecified atom stereocenters. The monoisotopic (exact) mass is 432 g/mol. The molecule has 0 saturated heterocycles. The molecular weight excluding hydrogens is 416 g/mol. The standard InChI is InChI=1S/C24H17ClN2O4/c25-16-5-1-14(2-6-16)12-28-17-7-3-15(4-8-17)23-18-9-21-22(30-13-29-21)10-20(18)31-24(27)19(23)11-26/h1-10,23H,12-13,27H2/t23-/m1/s1. The van der Waals surface area contributed by atoms with E-state index in [0.717, 1.165) is 16.7 Å². The highest BCUT2D eigenvalue weighted by Crippen LogP contribution is 2.47. The van der Waals surface area contributed by atoms with Crippen LogP contribution >= 0.6 is 11.6 Å². The molecule has 5 rings (SSSR count). The average molecular weight is 433 g/mol. The second-order valence-electron chi connectivity index (χ2n) is 7.15. The summed E-state index contributed by atoms with van der Waals surface area (Å²) in [5.41, 5.74) is 9.11. The fourth-order valence-corrected chi connectivity index (χ4v) is 3.82. The Bertz CT molecular complexity index is 1210. The van der Waals surface area contributed by atoms with E-state index in [1.165, 1.54) is 0 Å². The molecule has 0 saturated carbocycles. The second-order valence-corrected chi connectivity index (χ2v) is 7.59. The highest BCUT2D eigenvalue weighted by atomic mass is 35.5. The maximum absolute atomic E-state index is 9.74. The van der Waals surface area contributed by atoms with Crippen LogP contribution < -0.4 is 24.7 Å². The topological polar surface area (TPSA) is 86.7 Å². The number of halogens is 1. The molecular formula is C24H17ClN2O4. The van der Waals surface area contributed by atoms with E-state index in [1.807, 2.05) is 54.6 Å². The lowest BCUT2D eigenvalue weighted by Crippen LogP contribution is -2.21. The summed E-state index contributed by atoms with van der Waals surface area (Å²) in [5.74, 6) is 2.18. The minimum atomic E-state index is -0.381. The van der Waals surface area contributed by atoms with Crippen LogP contribution in [0.1, 0.15) is 22.6 Å². The minimum Gasteiger partial charge on any atom is -0.489 e. The molecule has 3 aromatic carbocycles. The zero-order valence-corrected chi connectivity index (χ0v) is 17.1. The van der Waals surface area contributed by atoms with Gasteiger partial charge < -0.3 is 24.7 Å². The summed E-state index contributed by atoms with van der Waals surface area (Å²) in [4.78, 5) is 0. The lowest BCUT2D eigenvalue weighted by atomic mass is 9.83. The van der Waals surface area contributed by atoms with Crippen molar-refractivity contribution in [3.8, 4) is 29.1 Å². The molecule has 7 heteroatoms. The van der Waals surface area contributed by atoms with Crippen molar-refractivity contribution in [1.82, 2.24) is 0 Å². The molecule has 31 heavy (non-hydrogen) atoms. The SMILES string of the molecule is N#CC1=C(N)Oc2cc3c(cc2[C@H]1c1ccc(OCc2ccc(Cl)cc2)cc1)OCO3. The van der Waals surface area contributed by atoms with Crippen LogP contribution in [0.25, 0.3) is 0 Å². The van der Waals surface area contributed by atoms with Crippen LogP contribution in [0.5, 0.6) is 23.0 Å². The number of nitrogens with zero attached hydrogens (tertiary/aromatic N) is 1. The third-order valence-corrected chi connectivity index (χ3v) is 5.49. The van der Waals surface area contributed by atoms with Crippen LogP contribution in [0.15, 0.2) is 72.1 Å². The number of nitrogens with two attached hydrogens (primary N) is 1. The lowest BCUT2D eigenvalue weighted by molar-refractivity contribution is 0.174. The predicted octanol–water partition coefficient (Wildman–Crippen LogP) is 4.87. The van der Waals surface area contributed by atoms with Crippen molar-refractivity contribution in [2.45, 2.75) is 12.5 Å². The fraction of sp³-hybridized carbons (Fsp3) is 0.125. The van der Waals surface area contributed by atoms with Gasteiger partial charge in [-0.3, -0.25) is 0 Å². The second kappa shape index (κ2) is 7.78. The normalized spacial score (nSPS) is 16.3. The van der Waals surface area contributed by atoms with Gasteiger partial charge in [0.2, 0.25) is 12.7 Å². The molecule has 154 valence electrons. The van der Waals surface area contributed by atoms with E-state index in [4.69, 9.17) is 36.3 Å². The van der Waals surface area contributed by atoms with Crippen molar-refractivity contribution in [3.63, 3.8) is 0 Å². The van der Waals surface area contributed by atoms with Gasteiger partial charge in [-0.2, -0.15) is 5.26 Å². The van der Waals surface area contributed by atoms with Crippen LogP contribution in [0.4, 0.5) is 0 Å². The van der Waals surface area contributed by atoms with Crippen molar-refractivity contribution in [2.24, 2.45) is 5.73 Å². The van der Waals surface area contributed by atoms with E-state index < -0.39 is 0 Å². The number of ether oxygens (including phenoxy) is 4. The molecule has 1 atom stereocenters. The highest BCUT2D eigenvalue weighted by molar-refractivity contribution is 6.30. The Hall–Kier alpha value is -3.82. The molecule has 0 aliphatic carbocycles. The van der Waals surface area contributed by atoms with Crippen LogP contribution in [-0.4, -0.2) is 6.79 Å². The van der Waals surface area contributed by atoms with Gasteiger partial charge in [-0.15, -0.1) is 0 Å². The first kappa shape index (κ1) is 19.2. The summed E-state index contributed by atoms with van der Waals surface area (Å²) in [7, 11) is 0. The fourth-order valence-electron chi connectivity index (χ4n) is 3.69. The van der Waals surface area contributed by atoms with Gasteiger partial charge in [0, 0.05) is 16.7 Å². The first-order valence-corrected chi connectivity index (χ1v) is 9.98. The van der Waals surface area contributed by atoms with E-state index in [0.29, 0.717) is 40.2 Å². The molecule has 0 bridgehead atoms. The Balaban J connectivity index is 1.43. The molecule has 3 aromatic rings. The van der Waals surface area contributed by atoms with E-state index in [2.05, 4.69) is 6.07 Å². The van der Waals surface area contributed by atoms with Crippen LogP contribution in [0, 0.1) is 11.3 Å². The average Bonchev–Trinajstić information content (AvgIpc) is 3.24. The summed E-state index contributed by atoms with van der Waals surface area (Å²) >= 11 is 5.92. The number of fused-ring (bicyclic) bond motifs is 2. The van der Waals surface area contributed by atoms with Gasteiger partial charge >= 0.3 is 0 Å². The maximum Gasteiger partial charge on any atom is 0.231 e. The quantitative estimate of drug-likeness (QED) is 0.633. The Kier molecular flexibility index (Phi) is 4.81. The number of hydrogen-bond acceptors (Lipinski definition) is 6. The molecule has 0 fully saturated rings. The number of rotatable bonds is 4. The van der Waals surface area contributed by atoms with Crippen LogP contribution in [0.2, 0.25) is 5.02 Å². The third kappa shape index (κ3) is 3.60. The number of nitriles is 1. The molecule has 0 spiro atoms. The zero-order valence-electron chi connectivity index (χ0n) is 16.3. The zero-order chi connectivity index (χ0) is 21.4. The molecule has 2 N–H and O–H groups in total. The van der Waals surface area contributed by atoms with Crippen molar-refractivity contribution in [1.29, 1.82) is 5.26 Å². The summed E-state index contributed by atoms with van der Waals surface area (Å²) in [6, 6.07) is 20.9. The van der Waals surface area contributed by atoms with Gasteiger partial charge in [-0.05, 0) is 41.5 Å². The lowest BCUT2D eigenvalue weighted by Gasteiger charge is -2.26. The van der Waals surface area contributed by atoms with E-state index in [1.54, 1.807) is 6.07 Å². The summed E-state index contributed by atoms with van der Waals surface area (Å²) in [6.07, 6.45) is 0. The van der Waals surface area contributed by atoms with E-state index in [-0.39, 0.29) is 18.6 Å². The number of allylic oxidation sites excluding steroid dienone is 1. The first-order chi connectivity index (χ1) is 15.1. The van der Waals surface area contributed by atoms with Crippen LogP contribution in [0.3, 0.4) is 0 Å².